The van der Waals surface area contributed by atoms with Crippen molar-refractivity contribution in [3.05, 3.63) is 102 Å². The van der Waals surface area contributed by atoms with Crippen molar-refractivity contribution in [2.75, 3.05) is 17.7 Å². The Morgan fingerprint density at radius 2 is 1.87 bits per heavy atom. The first-order valence-corrected chi connectivity index (χ1v) is 15.6. The Morgan fingerprint density at radius 1 is 1.13 bits per heavy atom. The van der Waals surface area contributed by atoms with E-state index in [1.54, 1.807) is 11.8 Å². The number of fused-ring (bicyclic) bond motifs is 3. The minimum atomic E-state index is -4.74. The van der Waals surface area contributed by atoms with E-state index in [2.05, 4.69) is 70.2 Å². The number of nitrogens with one attached hydrogen (secondary N) is 1. The normalized spacial score (nSPS) is 17.6. The fraction of sp³-hybridized carbons (Fsp3) is 0.250. The zero-order valence-electron chi connectivity index (χ0n) is 24.9. The maximum absolute atomic E-state index is 12.4. The molecule has 2 unspecified atom stereocenters. The third kappa shape index (κ3) is 6.75. The van der Waals surface area contributed by atoms with Gasteiger partial charge in [0.15, 0.2) is 11.0 Å². The van der Waals surface area contributed by atoms with Crippen LogP contribution in [0.2, 0.25) is 0 Å². The molecule has 0 saturated carbocycles. The molecule has 232 valence electrons. The number of nitrogens with zero attached hydrogens (tertiary/aromatic N) is 6. The lowest BCUT2D eigenvalue weighted by Gasteiger charge is -2.30. The number of rotatable bonds is 6. The van der Waals surface area contributed by atoms with E-state index in [4.69, 9.17) is 17.2 Å². The number of thiocarbonyl (C=S) groups is 1. The highest BCUT2D eigenvalue weighted by atomic mass is 32.2. The van der Waals surface area contributed by atoms with Gasteiger partial charge in [0, 0.05) is 30.0 Å². The van der Waals surface area contributed by atoms with E-state index in [0.717, 1.165) is 22.0 Å². The smallest absolute Gasteiger partial charge is 0.406 e. The molecule has 1 aromatic heterocycles. The molecule has 6 rings (SSSR count). The average Bonchev–Trinajstić information content (AvgIpc) is 3.64. The van der Waals surface area contributed by atoms with Gasteiger partial charge in [0.05, 0.1) is 17.4 Å². The van der Waals surface area contributed by atoms with E-state index in [1.807, 2.05) is 36.3 Å². The molecule has 3 aromatic carbocycles. The minimum absolute atomic E-state index is 0.0361. The summed E-state index contributed by atoms with van der Waals surface area (Å²) in [6.07, 6.45) is -0.931. The summed E-state index contributed by atoms with van der Waals surface area (Å²) in [5.41, 5.74) is 10.5. The Bertz CT molecular complexity index is 1790. The van der Waals surface area contributed by atoms with Crippen LogP contribution in [-0.4, -0.2) is 49.2 Å². The van der Waals surface area contributed by atoms with Crippen LogP contribution in [0.25, 0.3) is 17.1 Å². The third-order valence-electron chi connectivity index (χ3n) is 7.72. The molecule has 1 saturated heterocycles. The van der Waals surface area contributed by atoms with E-state index in [9.17, 15) is 13.2 Å². The predicted molar refractivity (Wildman–Crippen MR) is 175 cm³/mol. The summed E-state index contributed by atoms with van der Waals surface area (Å²) in [6, 6.07) is 19.8. The number of hydrazine groups is 1. The number of halogens is 3. The number of ether oxygens (including phenoxy) is 1. The molecule has 0 aliphatic carbocycles. The van der Waals surface area contributed by atoms with Crippen molar-refractivity contribution >= 4 is 39.9 Å². The van der Waals surface area contributed by atoms with Crippen LogP contribution < -0.4 is 15.1 Å². The van der Waals surface area contributed by atoms with Crippen molar-refractivity contribution in [3.63, 3.8) is 0 Å². The van der Waals surface area contributed by atoms with Gasteiger partial charge < -0.3 is 4.74 Å². The second-order valence-electron chi connectivity index (χ2n) is 10.9. The van der Waals surface area contributed by atoms with Crippen LogP contribution in [-0.2, 0) is 0 Å². The molecule has 1 fully saturated rings. The van der Waals surface area contributed by atoms with E-state index >= 15 is 0 Å². The Labute approximate surface area is 268 Å². The van der Waals surface area contributed by atoms with E-state index in [-0.39, 0.29) is 11.8 Å². The summed E-state index contributed by atoms with van der Waals surface area (Å²) < 4.78 is 42.8. The number of anilines is 1. The fourth-order valence-electron chi connectivity index (χ4n) is 5.28. The van der Waals surface area contributed by atoms with Gasteiger partial charge in [0.25, 0.3) is 0 Å². The molecule has 2 aliphatic heterocycles. The number of allylic oxidation sites excluding steroid dienone is 1. The Morgan fingerprint density at radius 3 is 2.58 bits per heavy atom. The third-order valence-corrected chi connectivity index (χ3v) is 8.87. The number of aliphatic imine (C=N–C) groups is 1. The lowest BCUT2D eigenvalue weighted by atomic mass is 9.93. The Hall–Kier alpha value is -4.20. The summed E-state index contributed by atoms with van der Waals surface area (Å²) in [7, 11) is 1.92. The summed E-state index contributed by atoms with van der Waals surface area (Å²) in [4.78, 5) is 11.4. The summed E-state index contributed by atoms with van der Waals surface area (Å²) in [5.74, 6) is 1.39. The molecule has 0 amide bonds. The zero-order chi connectivity index (χ0) is 31.9. The van der Waals surface area contributed by atoms with Gasteiger partial charge in [0.2, 0.25) is 5.11 Å². The first-order valence-electron chi connectivity index (χ1n) is 14.2. The Balaban J connectivity index is 1.10. The molecule has 13 heteroatoms. The van der Waals surface area contributed by atoms with Crippen LogP contribution in [0.3, 0.4) is 0 Å². The average molecular weight is 650 g/mol. The molecule has 4 aromatic rings. The van der Waals surface area contributed by atoms with Crippen molar-refractivity contribution < 1.29 is 17.9 Å². The SMILES string of the molecule is Cc1ccc2c(c1)N1C(=CC2C)CSC1=NC(=S)NN(C)C(C)c1ccc(-c2ncn(-c3ccc(OC(F)(F)F)cc3)n2)cc1. The highest BCUT2D eigenvalue weighted by Gasteiger charge is 2.33. The maximum atomic E-state index is 12.4. The number of thioether (sulfide) groups is 1. The molecule has 0 radical (unpaired) electrons. The highest BCUT2D eigenvalue weighted by molar-refractivity contribution is 8.14. The molecule has 2 atom stereocenters. The quantitative estimate of drug-likeness (QED) is 0.170. The van der Waals surface area contributed by atoms with Gasteiger partial charge in [-0.3, -0.25) is 10.3 Å². The lowest BCUT2D eigenvalue weighted by molar-refractivity contribution is -0.274. The zero-order valence-corrected chi connectivity index (χ0v) is 26.5. The largest absolute Gasteiger partial charge is 0.573 e. The molecule has 0 spiro atoms. The number of amidine groups is 1. The van der Waals surface area contributed by atoms with Gasteiger partial charge in [-0.15, -0.1) is 18.3 Å². The molecule has 3 heterocycles. The summed E-state index contributed by atoms with van der Waals surface area (Å²) in [6.45, 7) is 6.39. The van der Waals surface area contributed by atoms with E-state index in [1.165, 1.54) is 57.8 Å². The van der Waals surface area contributed by atoms with Crippen molar-refractivity contribution in [2.45, 2.75) is 39.1 Å². The van der Waals surface area contributed by atoms with Gasteiger partial charge in [-0.25, -0.2) is 14.7 Å². The van der Waals surface area contributed by atoms with Crippen LogP contribution in [0.15, 0.2) is 89.8 Å². The van der Waals surface area contributed by atoms with Crippen LogP contribution >= 0.6 is 24.0 Å². The van der Waals surface area contributed by atoms with E-state index < -0.39 is 6.36 Å². The van der Waals surface area contributed by atoms with Crippen LogP contribution in [0, 0.1) is 6.92 Å². The molecule has 0 bridgehead atoms. The van der Waals surface area contributed by atoms with Crippen LogP contribution in [0.4, 0.5) is 18.9 Å². The van der Waals surface area contributed by atoms with Crippen molar-refractivity contribution in [1.29, 1.82) is 0 Å². The second kappa shape index (κ2) is 12.3. The highest BCUT2D eigenvalue weighted by Crippen LogP contribution is 2.43. The topological polar surface area (TPSA) is 70.8 Å². The summed E-state index contributed by atoms with van der Waals surface area (Å²) >= 11 is 7.34. The van der Waals surface area contributed by atoms with Gasteiger partial charge in [-0.2, -0.15) is 4.99 Å². The first kappa shape index (κ1) is 30.8. The standard InChI is InChI=1S/C32H30F3N7OS2/c1-19-5-14-27-20(2)16-25-17-45-31(42(25)28(27)15-19)37-30(44)39-40(4)21(3)22-6-8-23(9-7-22)29-36-18-41(38-29)24-10-12-26(13-11-24)43-32(33,34)35/h5-16,18,20-21H,17H2,1-4H3,(H,39,44). The monoisotopic (exact) mass is 649 g/mol. The number of hydrogen-bond donors (Lipinski definition) is 1. The lowest BCUT2D eigenvalue weighted by Crippen LogP contribution is -2.40. The summed E-state index contributed by atoms with van der Waals surface area (Å²) in [5, 5.41) is 7.65. The van der Waals surface area contributed by atoms with Crippen molar-refractivity contribution in [3.8, 4) is 22.8 Å². The number of benzene rings is 3. The van der Waals surface area contributed by atoms with Gasteiger partial charge in [0.1, 0.15) is 12.1 Å². The molecule has 2 aliphatic rings. The molecule has 45 heavy (non-hydrogen) atoms. The van der Waals surface area contributed by atoms with Gasteiger partial charge in [-0.05, 0) is 73.1 Å². The second-order valence-corrected chi connectivity index (χ2v) is 12.2. The van der Waals surface area contributed by atoms with Crippen LogP contribution in [0.5, 0.6) is 5.75 Å². The van der Waals surface area contributed by atoms with Gasteiger partial charge >= 0.3 is 6.36 Å². The molecular weight excluding hydrogens is 620 g/mol. The first-order chi connectivity index (χ1) is 21.4. The van der Waals surface area contributed by atoms with E-state index in [0.29, 0.717) is 22.5 Å². The number of aromatic nitrogens is 3. The van der Waals surface area contributed by atoms with Crippen molar-refractivity contribution in [1.82, 2.24) is 25.2 Å². The number of hydrogen-bond acceptors (Lipinski definition) is 6. The molecule has 8 nitrogen and oxygen atoms in total. The fourth-order valence-corrected chi connectivity index (χ4v) is 6.57. The molecular formula is C32H30F3N7OS2. The molecule has 1 N–H and O–H groups in total. The van der Waals surface area contributed by atoms with Crippen molar-refractivity contribution in [2.24, 2.45) is 4.99 Å². The number of alkyl halides is 3. The minimum Gasteiger partial charge on any atom is -0.406 e. The Kier molecular flexibility index (Phi) is 8.42. The van der Waals surface area contributed by atoms with Crippen LogP contribution in [0.1, 0.15) is 42.5 Å². The maximum Gasteiger partial charge on any atom is 0.573 e. The predicted octanol–water partition coefficient (Wildman–Crippen LogP) is 7.53. The van der Waals surface area contributed by atoms with Gasteiger partial charge in [-0.1, -0.05) is 61.2 Å². The number of aryl methyl sites for hydroxylation is 1.